The highest BCUT2D eigenvalue weighted by Gasteiger charge is 2.05. The van der Waals surface area contributed by atoms with Crippen LogP contribution in [0.3, 0.4) is 0 Å². The number of benzene rings is 1. The van der Waals surface area contributed by atoms with E-state index in [9.17, 15) is 5.41 Å². The lowest BCUT2D eigenvalue weighted by Crippen LogP contribution is -2.33. The van der Waals surface area contributed by atoms with Gasteiger partial charge in [0.05, 0.1) is 5.52 Å². The Morgan fingerprint density at radius 1 is 1.45 bits per heavy atom. The van der Waals surface area contributed by atoms with Gasteiger partial charge in [-0.3, -0.25) is 0 Å². The molecule has 0 saturated carbocycles. The molecule has 0 fully saturated rings. The molecule has 2 N–H and O–H groups in total. The van der Waals surface area contributed by atoms with Gasteiger partial charge in [-0.15, -0.1) is 0 Å². The van der Waals surface area contributed by atoms with Gasteiger partial charge in [0.25, 0.3) is 0 Å². The maximum absolute atomic E-state index is 10.6. The Bertz CT molecular complexity index is 735. The lowest BCUT2D eigenvalue weighted by Gasteiger charge is -2.24. The second-order valence-electron chi connectivity index (χ2n) is 5.15. The lowest BCUT2D eigenvalue weighted by atomic mass is 10.3. The van der Waals surface area contributed by atoms with Crippen molar-refractivity contribution in [2.24, 2.45) is 5.73 Å². The molecule has 5 nitrogen and oxygen atoms in total. The third kappa shape index (κ3) is 3.48. The SMILES string of the molecule is CCC/C=C/n1c(=[N-])c(N(C)CCN)nc2ccc(Cl)cc21. The summed E-state index contributed by atoms with van der Waals surface area (Å²) in [6.45, 7) is 3.21. The van der Waals surface area contributed by atoms with E-state index in [0.29, 0.717) is 23.9 Å². The van der Waals surface area contributed by atoms with E-state index in [2.05, 4.69) is 11.9 Å². The smallest absolute Gasteiger partial charge is 0.128 e. The van der Waals surface area contributed by atoms with Crippen molar-refractivity contribution in [3.8, 4) is 0 Å². The normalized spacial score (nSPS) is 11.5. The number of hydrogen-bond acceptors (Lipinski definition) is 3. The third-order valence-electron chi connectivity index (χ3n) is 3.39. The molecule has 1 heterocycles. The monoisotopic (exact) mass is 318 g/mol. The maximum Gasteiger partial charge on any atom is 0.128 e. The predicted molar refractivity (Wildman–Crippen MR) is 93.8 cm³/mol. The molecule has 0 aliphatic rings. The maximum atomic E-state index is 10.6. The Morgan fingerprint density at radius 2 is 2.23 bits per heavy atom. The van der Waals surface area contributed by atoms with E-state index in [1.807, 2.05) is 30.3 Å². The zero-order valence-electron chi connectivity index (χ0n) is 13.0. The first-order valence-electron chi connectivity index (χ1n) is 7.40. The van der Waals surface area contributed by atoms with Gasteiger partial charge in [-0.2, -0.15) is 0 Å². The van der Waals surface area contributed by atoms with E-state index in [4.69, 9.17) is 17.3 Å². The molecule has 22 heavy (non-hydrogen) atoms. The Balaban J connectivity index is 2.67. The number of fused-ring (bicyclic) bond motifs is 1. The second-order valence-corrected chi connectivity index (χ2v) is 5.58. The van der Waals surface area contributed by atoms with Crippen molar-refractivity contribution in [2.45, 2.75) is 19.8 Å². The Labute approximate surface area is 135 Å². The van der Waals surface area contributed by atoms with Crippen LogP contribution >= 0.6 is 11.6 Å². The highest BCUT2D eigenvalue weighted by Crippen LogP contribution is 2.19. The van der Waals surface area contributed by atoms with E-state index in [1.54, 1.807) is 16.7 Å². The molecule has 118 valence electrons. The van der Waals surface area contributed by atoms with Crippen LogP contribution in [0.1, 0.15) is 19.8 Å². The van der Waals surface area contributed by atoms with Crippen LogP contribution in [0.15, 0.2) is 24.3 Å². The summed E-state index contributed by atoms with van der Waals surface area (Å²) in [6, 6.07) is 5.44. The molecule has 2 aromatic rings. The number of unbranched alkanes of at least 4 members (excludes halogenated alkanes) is 1. The summed E-state index contributed by atoms with van der Waals surface area (Å²) in [7, 11) is 1.86. The van der Waals surface area contributed by atoms with Crippen molar-refractivity contribution in [3.05, 3.63) is 40.2 Å². The molecule has 1 aromatic carbocycles. The minimum Gasteiger partial charge on any atom is -0.461 e. The zero-order valence-corrected chi connectivity index (χ0v) is 13.7. The molecule has 0 bridgehead atoms. The fraction of sp³-hybridized carbons (Fsp3) is 0.375. The van der Waals surface area contributed by atoms with Gasteiger partial charge in [-0.25, -0.2) is 4.98 Å². The number of halogens is 1. The van der Waals surface area contributed by atoms with E-state index >= 15 is 0 Å². The second kappa shape index (κ2) is 7.42. The summed E-state index contributed by atoms with van der Waals surface area (Å²) in [4.78, 5) is 6.37. The molecule has 0 saturated heterocycles. The van der Waals surface area contributed by atoms with Crippen LogP contribution in [0.2, 0.25) is 5.02 Å². The minimum absolute atomic E-state index is 0.0815. The summed E-state index contributed by atoms with van der Waals surface area (Å²) >= 11 is 6.08. The van der Waals surface area contributed by atoms with E-state index < -0.39 is 0 Å². The number of hydrogen-bond donors (Lipinski definition) is 1. The number of allylic oxidation sites excluding steroid dienone is 1. The molecular weight excluding hydrogens is 298 g/mol. The molecule has 2 rings (SSSR count). The van der Waals surface area contributed by atoms with Gasteiger partial charge in [0, 0.05) is 25.2 Å². The highest BCUT2D eigenvalue weighted by atomic mass is 35.5. The summed E-state index contributed by atoms with van der Waals surface area (Å²) < 4.78 is 1.71. The standard InChI is InChI=1S/C16H21ClN5/c1-3-4-5-9-22-14-11-12(17)6-7-13(14)20-16(15(22)19)21(2)10-8-18/h5-7,9,11H,3-4,8,10,18H2,1-2H3/q-1/b9-5+. The van der Waals surface area contributed by atoms with Gasteiger partial charge < -0.3 is 20.6 Å². The van der Waals surface area contributed by atoms with Crippen molar-refractivity contribution in [3.63, 3.8) is 0 Å². The Morgan fingerprint density at radius 3 is 2.91 bits per heavy atom. The molecule has 0 radical (unpaired) electrons. The quantitative estimate of drug-likeness (QED) is 0.890. The zero-order chi connectivity index (χ0) is 16.1. The van der Waals surface area contributed by atoms with Gasteiger partial charge in [0.1, 0.15) is 5.82 Å². The van der Waals surface area contributed by atoms with Crippen LogP contribution in [0, 0.1) is 0 Å². The number of likely N-dealkylation sites (N-methyl/N-ethyl adjacent to an activating group) is 1. The molecule has 0 amide bonds. The van der Waals surface area contributed by atoms with Crippen LogP contribution in [0.25, 0.3) is 22.6 Å². The largest absolute Gasteiger partial charge is 0.461 e. The number of nitrogens with zero attached hydrogens (tertiary/aromatic N) is 4. The molecule has 0 aliphatic heterocycles. The first-order chi connectivity index (χ1) is 10.6. The first-order valence-corrected chi connectivity index (χ1v) is 7.78. The fourth-order valence-corrected chi connectivity index (χ4v) is 2.39. The van der Waals surface area contributed by atoms with Gasteiger partial charge in [-0.1, -0.05) is 37.2 Å². The average Bonchev–Trinajstić information content (AvgIpc) is 2.49. The number of rotatable bonds is 6. The van der Waals surface area contributed by atoms with Crippen molar-refractivity contribution in [1.29, 1.82) is 0 Å². The van der Waals surface area contributed by atoms with Crippen molar-refractivity contribution >= 4 is 34.7 Å². The van der Waals surface area contributed by atoms with Gasteiger partial charge in [-0.05, 0) is 35.6 Å². The third-order valence-corrected chi connectivity index (χ3v) is 3.62. The molecule has 0 spiro atoms. The summed E-state index contributed by atoms with van der Waals surface area (Å²) in [5, 5.41) is 11.2. The Kier molecular flexibility index (Phi) is 5.57. The van der Waals surface area contributed by atoms with E-state index in [-0.39, 0.29) is 5.49 Å². The van der Waals surface area contributed by atoms with Gasteiger partial charge >= 0.3 is 0 Å². The summed E-state index contributed by atoms with van der Waals surface area (Å²) in [5.74, 6) is 0.501. The molecule has 0 unspecified atom stereocenters. The number of aromatic nitrogens is 2. The first kappa shape index (κ1) is 16.5. The molecular formula is C16H21ClN5-. The van der Waals surface area contributed by atoms with Crippen LogP contribution in [-0.4, -0.2) is 29.7 Å². The highest BCUT2D eigenvalue weighted by molar-refractivity contribution is 6.31. The minimum atomic E-state index is 0.0815. The van der Waals surface area contributed by atoms with Gasteiger partial charge in [0.2, 0.25) is 0 Å². The molecule has 6 heteroatoms. The predicted octanol–water partition coefficient (Wildman–Crippen LogP) is 2.83. The van der Waals surface area contributed by atoms with Crippen molar-refractivity contribution in [2.75, 3.05) is 25.0 Å². The molecule has 0 atom stereocenters. The molecule has 1 aromatic heterocycles. The van der Waals surface area contributed by atoms with Gasteiger partial charge in [0.15, 0.2) is 0 Å². The lowest BCUT2D eigenvalue weighted by molar-refractivity contribution is 0.855. The number of nitrogens with two attached hydrogens (primary N) is 1. The summed E-state index contributed by atoms with van der Waals surface area (Å²) in [6.07, 6.45) is 5.86. The average molecular weight is 319 g/mol. The van der Waals surface area contributed by atoms with E-state index in [0.717, 1.165) is 23.9 Å². The summed E-state index contributed by atoms with van der Waals surface area (Å²) in [5.41, 5.74) is 7.21. The fourth-order valence-electron chi connectivity index (χ4n) is 2.22. The number of anilines is 1. The van der Waals surface area contributed by atoms with Crippen molar-refractivity contribution in [1.82, 2.24) is 9.55 Å². The van der Waals surface area contributed by atoms with Crippen molar-refractivity contribution < 1.29 is 0 Å². The van der Waals surface area contributed by atoms with Crippen LogP contribution in [-0.2, 0) is 0 Å². The van der Waals surface area contributed by atoms with Crippen LogP contribution in [0.4, 0.5) is 5.82 Å². The Hall–Kier alpha value is -1.85. The molecule has 0 aliphatic carbocycles. The topological polar surface area (TPSA) is 69.4 Å². The van der Waals surface area contributed by atoms with Crippen LogP contribution in [0.5, 0.6) is 0 Å². The van der Waals surface area contributed by atoms with Crippen LogP contribution < -0.4 is 16.1 Å². The van der Waals surface area contributed by atoms with E-state index in [1.165, 1.54) is 0 Å².